The lowest BCUT2D eigenvalue weighted by Gasteiger charge is -2.40. The third kappa shape index (κ3) is 1.16. The maximum atomic E-state index is 13.3. The van der Waals surface area contributed by atoms with E-state index in [2.05, 4.69) is 5.32 Å². The number of hydrogen-bond acceptors (Lipinski definition) is 2. The van der Waals surface area contributed by atoms with Crippen LogP contribution in [0.25, 0.3) is 0 Å². The summed E-state index contributed by atoms with van der Waals surface area (Å²) >= 11 is 0. The largest absolute Gasteiger partial charge is 0.387 e. The van der Waals surface area contributed by atoms with Crippen molar-refractivity contribution < 1.29 is 9.50 Å². The van der Waals surface area contributed by atoms with Crippen molar-refractivity contribution in [3.05, 3.63) is 0 Å². The standard InChI is InChI=1S/C7H14FNO/c1-6(8)5-9-4-3-7(6,2)10/h9-10H,3-5H2,1-2H3. The van der Waals surface area contributed by atoms with Gasteiger partial charge in [0, 0.05) is 6.54 Å². The molecule has 0 amide bonds. The second-order valence-electron chi connectivity index (χ2n) is 3.40. The number of halogens is 1. The monoisotopic (exact) mass is 147 g/mol. The van der Waals surface area contributed by atoms with Crippen LogP contribution in [0.2, 0.25) is 0 Å². The van der Waals surface area contributed by atoms with Crippen molar-refractivity contribution in [2.45, 2.75) is 31.5 Å². The molecule has 2 N–H and O–H groups in total. The number of piperidine rings is 1. The van der Waals surface area contributed by atoms with Gasteiger partial charge in [-0.3, -0.25) is 0 Å². The highest BCUT2D eigenvalue weighted by Gasteiger charge is 2.45. The maximum absolute atomic E-state index is 13.3. The fourth-order valence-electron chi connectivity index (χ4n) is 1.11. The first-order valence-electron chi connectivity index (χ1n) is 3.58. The van der Waals surface area contributed by atoms with Crippen molar-refractivity contribution in [1.82, 2.24) is 5.32 Å². The van der Waals surface area contributed by atoms with Crippen LogP contribution in [0.4, 0.5) is 4.39 Å². The Morgan fingerprint density at radius 3 is 2.40 bits per heavy atom. The smallest absolute Gasteiger partial charge is 0.148 e. The lowest BCUT2D eigenvalue weighted by Crippen LogP contribution is -2.58. The summed E-state index contributed by atoms with van der Waals surface area (Å²) in [4.78, 5) is 0. The molecule has 1 aliphatic rings. The van der Waals surface area contributed by atoms with Crippen LogP contribution in [0, 0.1) is 0 Å². The van der Waals surface area contributed by atoms with Crippen molar-refractivity contribution in [1.29, 1.82) is 0 Å². The Balaban J connectivity index is 2.70. The molecule has 2 atom stereocenters. The molecule has 3 heteroatoms. The van der Waals surface area contributed by atoms with Gasteiger partial charge in [-0.05, 0) is 26.8 Å². The molecule has 0 spiro atoms. The Hall–Kier alpha value is -0.150. The molecule has 0 saturated carbocycles. The van der Waals surface area contributed by atoms with Crippen molar-refractivity contribution in [2.24, 2.45) is 0 Å². The van der Waals surface area contributed by atoms with Gasteiger partial charge in [0.15, 0.2) is 0 Å². The zero-order chi connectivity index (χ0) is 7.83. The Labute approximate surface area is 60.4 Å². The predicted molar refractivity (Wildman–Crippen MR) is 37.6 cm³/mol. The van der Waals surface area contributed by atoms with Crippen LogP contribution in [0.5, 0.6) is 0 Å². The number of nitrogens with one attached hydrogen (secondary N) is 1. The van der Waals surface area contributed by atoms with E-state index in [4.69, 9.17) is 0 Å². The molecular weight excluding hydrogens is 133 g/mol. The molecule has 0 aromatic heterocycles. The van der Waals surface area contributed by atoms with Crippen LogP contribution >= 0.6 is 0 Å². The second-order valence-corrected chi connectivity index (χ2v) is 3.40. The molecule has 1 rings (SSSR count). The molecule has 10 heavy (non-hydrogen) atoms. The number of rotatable bonds is 0. The lowest BCUT2D eigenvalue weighted by molar-refractivity contribution is -0.0987. The molecule has 1 aliphatic heterocycles. The first-order valence-corrected chi connectivity index (χ1v) is 3.58. The molecule has 1 fully saturated rings. The van der Waals surface area contributed by atoms with Gasteiger partial charge in [0.1, 0.15) is 5.67 Å². The summed E-state index contributed by atoms with van der Waals surface area (Å²) < 4.78 is 13.3. The minimum absolute atomic E-state index is 0.250. The molecule has 0 radical (unpaired) electrons. The van der Waals surface area contributed by atoms with Crippen molar-refractivity contribution in [2.75, 3.05) is 13.1 Å². The Kier molecular flexibility index (Phi) is 1.73. The zero-order valence-corrected chi connectivity index (χ0v) is 6.45. The highest BCUT2D eigenvalue weighted by molar-refractivity contribution is 4.98. The van der Waals surface area contributed by atoms with Gasteiger partial charge in [0.05, 0.1) is 5.60 Å². The molecule has 0 bridgehead atoms. The van der Waals surface area contributed by atoms with Gasteiger partial charge < -0.3 is 10.4 Å². The van der Waals surface area contributed by atoms with Crippen molar-refractivity contribution in [3.8, 4) is 0 Å². The van der Waals surface area contributed by atoms with Crippen LogP contribution in [-0.2, 0) is 0 Å². The van der Waals surface area contributed by atoms with Gasteiger partial charge in [-0.25, -0.2) is 4.39 Å². The summed E-state index contributed by atoms with van der Waals surface area (Å²) in [6.07, 6.45) is 0.486. The molecule has 0 aromatic carbocycles. The van der Waals surface area contributed by atoms with Crippen molar-refractivity contribution >= 4 is 0 Å². The van der Waals surface area contributed by atoms with Crippen LogP contribution in [0.3, 0.4) is 0 Å². The zero-order valence-electron chi connectivity index (χ0n) is 6.45. The quantitative estimate of drug-likeness (QED) is 0.521. The molecule has 2 unspecified atom stereocenters. The Morgan fingerprint density at radius 2 is 2.10 bits per heavy atom. The lowest BCUT2D eigenvalue weighted by atomic mass is 9.82. The highest BCUT2D eigenvalue weighted by atomic mass is 19.1. The molecule has 2 nitrogen and oxygen atoms in total. The van der Waals surface area contributed by atoms with E-state index in [1.54, 1.807) is 6.92 Å². The van der Waals surface area contributed by atoms with Crippen LogP contribution < -0.4 is 5.32 Å². The van der Waals surface area contributed by atoms with Gasteiger partial charge in [-0.1, -0.05) is 0 Å². The van der Waals surface area contributed by atoms with Gasteiger partial charge in [0.2, 0.25) is 0 Å². The van der Waals surface area contributed by atoms with Gasteiger partial charge in [-0.2, -0.15) is 0 Å². The van der Waals surface area contributed by atoms with Gasteiger partial charge >= 0.3 is 0 Å². The van der Waals surface area contributed by atoms with E-state index in [0.29, 0.717) is 13.0 Å². The summed E-state index contributed by atoms with van der Waals surface area (Å²) in [6.45, 7) is 3.93. The third-order valence-corrected chi connectivity index (χ3v) is 2.37. The van der Waals surface area contributed by atoms with Crippen LogP contribution in [-0.4, -0.2) is 29.5 Å². The van der Waals surface area contributed by atoms with E-state index in [0.717, 1.165) is 0 Å². The summed E-state index contributed by atoms with van der Waals surface area (Å²) in [6, 6.07) is 0. The fraction of sp³-hybridized carbons (Fsp3) is 1.00. The normalized spacial score (nSPS) is 49.2. The fourth-order valence-corrected chi connectivity index (χ4v) is 1.11. The topological polar surface area (TPSA) is 32.3 Å². The summed E-state index contributed by atoms with van der Waals surface area (Å²) in [5.74, 6) is 0. The van der Waals surface area contributed by atoms with Crippen LogP contribution in [0.1, 0.15) is 20.3 Å². The first-order chi connectivity index (χ1) is 4.46. The average molecular weight is 147 g/mol. The predicted octanol–water partition coefficient (Wildman–Crippen LogP) is 0.459. The van der Waals surface area contributed by atoms with E-state index in [9.17, 15) is 9.50 Å². The molecule has 0 aliphatic carbocycles. The van der Waals surface area contributed by atoms with E-state index in [1.165, 1.54) is 6.92 Å². The van der Waals surface area contributed by atoms with E-state index in [1.807, 2.05) is 0 Å². The highest BCUT2D eigenvalue weighted by Crippen LogP contribution is 2.30. The second kappa shape index (κ2) is 2.17. The van der Waals surface area contributed by atoms with E-state index in [-0.39, 0.29) is 6.54 Å². The number of alkyl halides is 1. The van der Waals surface area contributed by atoms with Gasteiger partial charge in [0.25, 0.3) is 0 Å². The summed E-state index contributed by atoms with van der Waals surface area (Å²) in [5, 5.41) is 12.4. The van der Waals surface area contributed by atoms with E-state index < -0.39 is 11.3 Å². The maximum Gasteiger partial charge on any atom is 0.148 e. The third-order valence-electron chi connectivity index (χ3n) is 2.37. The summed E-state index contributed by atoms with van der Waals surface area (Å²) in [5.41, 5.74) is -2.64. The average Bonchev–Trinajstić information content (AvgIpc) is 1.77. The number of aliphatic hydroxyl groups is 1. The molecule has 0 aromatic rings. The molecule has 1 saturated heterocycles. The Morgan fingerprint density at radius 1 is 1.50 bits per heavy atom. The Bertz CT molecular complexity index is 118. The molecular formula is C7H14FNO. The summed E-state index contributed by atoms with van der Waals surface area (Å²) in [7, 11) is 0. The number of hydrogen-bond donors (Lipinski definition) is 2. The van der Waals surface area contributed by atoms with E-state index >= 15 is 0 Å². The first kappa shape index (κ1) is 7.95. The molecule has 60 valence electrons. The molecule has 1 heterocycles. The van der Waals surface area contributed by atoms with Crippen molar-refractivity contribution in [3.63, 3.8) is 0 Å². The van der Waals surface area contributed by atoms with Crippen LogP contribution in [0.15, 0.2) is 0 Å². The minimum Gasteiger partial charge on any atom is -0.387 e. The SMILES string of the molecule is CC1(O)CCNCC1(C)F. The minimum atomic E-state index is -1.48. The van der Waals surface area contributed by atoms with Gasteiger partial charge in [-0.15, -0.1) is 0 Å².